The topological polar surface area (TPSA) is 46.4 Å². The number of thiazole rings is 1. The van der Waals surface area contributed by atoms with E-state index in [0.717, 1.165) is 41.2 Å². The van der Waals surface area contributed by atoms with Crippen LogP contribution in [0.3, 0.4) is 0 Å². The van der Waals surface area contributed by atoms with E-state index < -0.39 is 0 Å². The molecule has 1 saturated heterocycles. The van der Waals surface area contributed by atoms with Crippen molar-refractivity contribution in [1.29, 1.82) is 0 Å². The third-order valence-corrected chi connectivity index (χ3v) is 6.58. The number of rotatable bonds is 4. The highest BCUT2D eigenvalue weighted by Gasteiger charge is 2.34. The molecule has 1 unspecified atom stereocenters. The lowest BCUT2D eigenvalue weighted by Crippen LogP contribution is -3.11. The van der Waals surface area contributed by atoms with Gasteiger partial charge in [0.2, 0.25) is 0 Å². The van der Waals surface area contributed by atoms with Gasteiger partial charge in [-0.2, -0.15) is 0 Å². The molecular weight excluding hydrogens is 366 g/mol. The van der Waals surface area contributed by atoms with E-state index in [2.05, 4.69) is 17.4 Å². The number of benzene rings is 2. The third kappa shape index (κ3) is 3.47. The molecule has 0 radical (unpaired) electrons. The predicted molar refractivity (Wildman–Crippen MR) is 107 cm³/mol. The number of halogens is 1. The van der Waals surface area contributed by atoms with Crippen molar-refractivity contribution >= 4 is 44.7 Å². The van der Waals surface area contributed by atoms with Crippen LogP contribution in [-0.4, -0.2) is 24.0 Å². The van der Waals surface area contributed by atoms with E-state index in [9.17, 15) is 4.79 Å². The summed E-state index contributed by atoms with van der Waals surface area (Å²) in [5.41, 5.74) is 2.75. The maximum atomic E-state index is 12.6. The van der Waals surface area contributed by atoms with Crippen molar-refractivity contribution in [3.8, 4) is 0 Å². The first-order valence-electron chi connectivity index (χ1n) is 8.87. The van der Waals surface area contributed by atoms with E-state index in [-0.39, 0.29) is 5.91 Å². The van der Waals surface area contributed by atoms with Crippen LogP contribution in [0.25, 0.3) is 10.2 Å². The molecular formula is C20H21ClN3OS+. The largest absolute Gasteiger partial charge is 0.321 e. The minimum absolute atomic E-state index is 0.0263. The monoisotopic (exact) mass is 386 g/mol. The molecule has 1 aromatic heterocycles. The number of aromatic nitrogens is 1. The molecule has 2 N–H and O–H groups in total. The van der Waals surface area contributed by atoms with Gasteiger partial charge in [0.1, 0.15) is 6.04 Å². The second-order valence-corrected chi connectivity index (χ2v) is 8.23. The quantitative estimate of drug-likeness (QED) is 0.719. The number of para-hydroxylation sites is 1. The Morgan fingerprint density at radius 2 is 2.15 bits per heavy atom. The molecule has 1 fully saturated rings. The Morgan fingerprint density at radius 1 is 1.31 bits per heavy atom. The van der Waals surface area contributed by atoms with E-state index in [1.165, 1.54) is 9.60 Å². The van der Waals surface area contributed by atoms with Crippen LogP contribution in [0, 0.1) is 6.92 Å². The lowest BCUT2D eigenvalue weighted by molar-refractivity contribution is -0.910. The summed E-state index contributed by atoms with van der Waals surface area (Å²) in [6.07, 6.45) is 2.21. The number of anilines is 1. The van der Waals surface area contributed by atoms with Crippen LogP contribution in [0.4, 0.5) is 5.69 Å². The molecule has 0 aliphatic carbocycles. The van der Waals surface area contributed by atoms with Crippen LogP contribution >= 0.6 is 22.9 Å². The SMILES string of the molecule is Cc1c(Cl)cccc1NC(=O)C[NH+]1CCC[C@@H]1c1nc2ccccc2s1. The highest BCUT2D eigenvalue weighted by atomic mass is 35.5. The summed E-state index contributed by atoms with van der Waals surface area (Å²) in [7, 11) is 0. The highest BCUT2D eigenvalue weighted by molar-refractivity contribution is 7.18. The molecule has 6 heteroatoms. The number of amides is 1. The number of carbonyl (C=O) groups excluding carboxylic acids is 1. The second kappa shape index (κ2) is 7.35. The molecule has 1 aliphatic rings. The predicted octanol–water partition coefficient (Wildman–Crippen LogP) is 3.62. The summed E-state index contributed by atoms with van der Waals surface area (Å²) < 4.78 is 1.22. The number of hydrogen-bond acceptors (Lipinski definition) is 3. The fraction of sp³-hybridized carbons (Fsp3) is 0.300. The molecule has 0 bridgehead atoms. The zero-order valence-electron chi connectivity index (χ0n) is 14.6. The fourth-order valence-electron chi connectivity index (χ4n) is 3.60. The number of carbonyl (C=O) groups is 1. The summed E-state index contributed by atoms with van der Waals surface area (Å²) in [5.74, 6) is 0.0263. The van der Waals surface area contributed by atoms with E-state index >= 15 is 0 Å². The number of fused-ring (bicyclic) bond motifs is 1. The van der Waals surface area contributed by atoms with Gasteiger partial charge in [0.25, 0.3) is 5.91 Å². The Labute approximate surface area is 161 Å². The Balaban J connectivity index is 1.48. The fourth-order valence-corrected chi connectivity index (χ4v) is 4.94. The standard InChI is InChI=1S/C20H20ClN3OS/c1-13-14(21)6-4-8-15(13)22-19(25)12-24-11-5-9-17(24)20-23-16-7-2-3-10-18(16)26-20/h2-4,6-8,10,17H,5,9,11-12H2,1H3,(H,22,25)/p+1/t17-/m1/s1. The number of quaternary nitrogens is 1. The Morgan fingerprint density at radius 3 is 3.00 bits per heavy atom. The summed E-state index contributed by atoms with van der Waals surface area (Å²) >= 11 is 7.90. The third-order valence-electron chi connectivity index (χ3n) is 5.02. The normalized spacial score (nSPS) is 19.8. The number of nitrogens with zero attached hydrogens (tertiary/aromatic N) is 1. The molecule has 0 saturated carbocycles. The molecule has 1 aliphatic heterocycles. The summed E-state index contributed by atoms with van der Waals surface area (Å²) in [6.45, 7) is 3.37. The molecule has 3 aromatic rings. The average molecular weight is 387 g/mol. The maximum absolute atomic E-state index is 12.6. The van der Waals surface area contributed by atoms with Crippen molar-refractivity contribution in [3.63, 3.8) is 0 Å². The van der Waals surface area contributed by atoms with Crippen LogP contribution in [0.15, 0.2) is 42.5 Å². The van der Waals surface area contributed by atoms with Gasteiger partial charge < -0.3 is 10.2 Å². The van der Waals surface area contributed by atoms with E-state index in [1.54, 1.807) is 11.3 Å². The lowest BCUT2D eigenvalue weighted by Gasteiger charge is -2.19. The van der Waals surface area contributed by atoms with Crippen molar-refractivity contribution in [3.05, 3.63) is 58.1 Å². The van der Waals surface area contributed by atoms with Crippen molar-refractivity contribution in [2.75, 3.05) is 18.4 Å². The molecule has 4 rings (SSSR count). The van der Waals surface area contributed by atoms with Gasteiger partial charge in [-0.3, -0.25) is 4.79 Å². The molecule has 2 atom stereocenters. The minimum atomic E-state index is 0.0263. The van der Waals surface area contributed by atoms with Gasteiger partial charge in [-0.1, -0.05) is 29.8 Å². The van der Waals surface area contributed by atoms with Gasteiger partial charge in [0, 0.05) is 23.6 Å². The van der Waals surface area contributed by atoms with Gasteiger partial charge in [0.05, 0.1) is 16.8 Å². The number of nitrogens with one attached hydrogen (secondary N) is 2. The first kappa shape index (κ1) is 17.5. The zero-order chi connectivity index (χ0) is 18.1. The Kier molecular flexibility index (Phi) is 4.94. The molecule has 1 amide bonds. The van der Waals surface area contributed by atoms with Crippen molar-refractivity contribution in [2.45, 2.75) is 25.8 Å². The Bertz CT molecular complexity index is 922. The molecule has 134 valence electrons. The van der Waals surface area contributed by atoms with Gasteiger partial charge in [-0.25, -0.2) is 4.98 Å². The molecule has 4 nitrogen and oxygen atoms in total. The average Bonchev–Trinajstić information content (AvgIpc) is 3.25. The second-order valence-electron chi connectivity index (χ2n) is 6.76. The first-order chi connectivity index (χ1) is 12.6. The lowest BCUT2D eigenvalue weighted by atomic mass is 10.2. The van der Waals surface area contributed by atoms with Gasteiger partial charge in [-0.15, -0.1) is 11.3 Å². The molecule has 0 spiro atoms. The van der Waals surface area contributed by atoms with Gasteiger partial charge >= 0.3 is 0 Å². The Hall–Kier alpha value is -1.95. The molecule has 2 heterocycles. The van der Waals surface area contributed by atoms with Crippen molar-refractivity contribution in [2.24, 2.45) is 0 Å². The smallest absolute Gasteiger partial charge is 0.279 e. The number of hydrogen-bond donors (Lipinski definition) is 2. The molecule has 2 aromatic carbocycles. The summed E-state index contributed by atoms with van der Waals surface area (Å²) in [6, 6.07) is 14.1. The van der Waals surface area contributed by atoms with Gasteiger partial charge in [-0.05, 0) is 36.8 Å². The first-order valence-corrected chi connectivity index (χ1v) is 10.1. The summed E-state index contributed by atoms with van der Waals surface area (Å²) in [5, 5.41) is 4.83. The summed E-state index contributed by atoms with van der Waals surface area (Å²) in [4.78, 5) is 18.7. The van der Waals surface area contributed by atoms with E-state index in [4.69, 9.17) is 16.6 Å². The van der Waals surface area contributed by atoms with E-state index in [1.807, 2.05) is 37.3 Å². The van der Waals surface area contributed by atoms with Crippen LogP contribution in [0.2, 0.25) is 5.02 Å². The highest BCUT2D eigenvalue weighted by Crippen LogP contribution is 2.28. The number of likely N-dealkylation sites (tertiary alicyclic amines) is 1. The van der Waals surface area contributed by atoms with Crippen molar-refractivity contribution < 1.29 is 9.69 Å². The molecule has 26 heavy (non-hydrogen) atoms. The van der Waals surface area contributed by atoms with Crippen LogP contribution < -0.4 is 10.2 Å². The van der Waals surface area contributed by atoms with Crippen LogP contribution in [0.1, 0.15) is 29.5 Å². The van der Waals surface area contributed by atoms with Crippen molar-refractivity contribution in [1.82, 2.24) is 4.98 Å². The zero-order valence-corrected chi connectivity index (χ0v) is 16.2. The van der Waals surface area contributed by atoms with Crippen LogP contribution in [-0.2, 0) is 4.79 Å². The minimum Gasteiger partial charge on any atom is -0.321 e. The van der Waals surface area contributed by atoms with E-state index in [0.29, 0.717) is 17.6 Å². The maximum Gasteiger partial charge on any atom is 0.279 e. The van der Waals surface area contributed by atoms with Gasteiger partial charge in [0.15, 0.2) is 11.6 Å². The van der Waals surface area contributed by atoms with Crippen LogP contribution in [0.5, 0.6) is 0 Å².